The van der Waals surface area contributed by atoms with Crippen molar-refractivity contribution in [1.82, 2.24) is 0 Å². The number of nitro groups is 1. The van der Waals surface area contributed by atoms with E-state index < -0.39 is 16.8 Å². The highest BCUT2D eigenvalue weighted by Gasteiger charge is 2.27. The third-order valence-electron chi connectivity index (χ3n) is 4.79. The number of hydrogen-bond acceptors (Lipinski definition) is 6. The molecule has 1 N–H and O–H groups in total. The first kappa shape index (κ1) is 21.3. The fourth-order valence-corrected chi connectivity index (χ4v) is 4.93. The van der Waals surface area contributed by atoms with Gasteiger partial charge in [0.2, 0.25) is 0 Å². The van der Waals surface area contributed by atoms with E-state index in [-0.39, 0.29) is 22.9 Å². The van der Waals surface area contributed by atoms with Gasteiger partial charge in [-0.1, -0.05) is 24.4 Å². The van der Waals surface area contributed by atoms with Gasteiger partial charge >= 0.3 is 5.97 Å². The van der Waals surface area contributed by atoms with Crippen molar-refractivity contribution >= 4 is 45.5 Å². The van der Waals surface area contributed by atoms with Gasteiger partial charge in [0.15, 0.2) is 0 Å². The summed E-state index contributed by atoms with van der Waals surface area (Å²) in [5, 5.41) is 14.1. The van der Waals surface area contributed by atoms with Crippen molar-refractivity contribution in [2.75, 3.05) is 11.9 Å². The third kappa shape index (κ3) is 4.76. The van der Waals surface area contributed by atoms with Crippen LogP contribution in [0.4, 0.5) is 10.7 Å². The molecule has 0 saturated carbocycles. The average molecular weight is 437 g/mol. The van der Waals surface area contributed by atoms with E-state index in [1.165, 1.54) is 23.5 Å². The molecule has 0 bridgehead atoms. The number of non-ortho nitro benzene ring substituents is 1. The molecule has 29 heavy (non-hydrogen) atoms. The SMILES string of the molecule is CCOC(=O)c1c(NC(=O)c2ccc([N+](=O)[O-])cc2Cl)sc2c1CCCCCC2. The number of carbonyl (C=O) groups excluding carboxylic acids is 2. The van der Waals surface area contributed by atoms with Crippen molar-refractivity contribution in [1.29, 1.82) is 0 Å². The highest BCUT2D eigenvalue weighted by Crippen LogP contribution is 2.38. The summed E-state index contributed by atoms with van der Waals surface area (Å²) in [6.45, 7) is 1.98. The molecule has 1 aromatic heterocycles. The summed E-state index contributed by atoms with van der Waals surface area (Å²) in [5.41, 5.74) is 1.28. The van der Waals surface area contributed by atoms with E-state index in [1.54, 1.807) is 6.92 Å². The number of benzene rings is 1. The molecule has 0 unspecified atom stereocenters. The summed E-state index contributed by atoms with van der Waals surface area (Å²) < 4.78 is 5.23. The summed E-state index contributed by atoms with van der Waals surface area (Å²) >= 11 is 7.47. The van der Waals surface area contributed by atoms with E-state index in [0.29, 0.717) is 10.6 Å². The lowest BCUT2D eigenvalue weighted by atomic mass is 9.96. The molecule has 0 saturated heterocycles. The molecule has 1 amide bonds. The molecule has 2 aromatic rings. The van der Waals surface area contributed by atoms with Gasteiger partial charge in [0.05, 0.1) is 27.7 Å². The second kappa shape index (κ2) is 9.37. The number of fused-ring (bicyclic) bond motifs is 1. The van der Waals surface area contributed by atoms with Gasteiger partial charge in [0.1, 0.15) is 5.00 Å². The Balaban J connectivity index is 1.95. The van der Waals surface area contributed by atoms with Gasteiger partial charge in [-0.2, -0.15) is 0 Å². The van der Waals surface area contributed by atoms with Crippen LogP contribution in [0, 0.1) is 10.1 Å². The monoisotopic (exact) mass is 436 g/mol. The molecule has 3 rings (SSSR count). The van der Waals surface area contributed by atoms with E-state index in [1.807, 2.05) is 0 Å². The van der Waals surface area contributed by atoms with E-state index in [0.717, 1.165) is 55.0 Å². The van der Waals surface area contributed by atoms with Gasteiger partial charge in [-0.3, -0.25) is 14.9 Å². The van der Waals surface area contributed by atoms with E-state index in [9.17, 15) is 19.7 Å². The Morgan fingerprint density at radius 2 is 1.97 bits per heavy atom. The molecule has 1 aromatic carbocycles. The number of aryl methyl sites for hydroxylation is 1. The van der Waals surface area contributed by atoms with Crippen LogP contribution in [0.5, 0.6) is 0 Å². The van der Waals surface area contributed by atoms with Crippen molar-refractivity contribution in [2.24, 2.45) is 0 Å². The lowest BCUT2D eigenvalue weighted by molar-refractivity contribution is -0.384. The highest BCUT2D eigenvalue weighted by molar-refractivity contribution is 7.17. The van der Waals surface area contributed by atoms with Gasteiger partial charge in [0.25, 0.3) is 11.6 Å². The zero-order valence-electron chi connectivity index (χ0n) is 16.0. The smallest absolute Gasteiger partial charge is 0.341 e. The Bertz CT molecular complexity index is 957. The Morgan fingerprint density at radius 3 is 2.62 bits per heavy atom. The number of halogens is 1. The molecule has 1 heterocycles. The molecule has 0 spiro atoms. The van der Waals surface area contributed by atoms with Gasteiger partial charge < -0.3 is 10.1 Å². The summed E-state index contributed by atoms with van der Waals surface area (Å²) in [7, 11) is 0. The number of ether oxygens (including phenoxy) is 1. The summed E-state index contributed by atoms with van der Waals surface area (Å²) in [6.07, 6.45) is 5.91. The molecule has 1 aliphatic carbocycles. The fourth-order valence-electron chi connectivity index (χ4n) is 3.40. The maximum Gasteiger partial charge on any atom is 0.341 e. The molecule has 7 nitrogen and oxygen atoms in total. The predicted octanol–water partition coefficient (Wildman–Crippen LogP) is 5.40. The molecule has 0 atom stereocenters. The minimum atomic E-state index is -0.578. The number of esters is 1. The number of thiophene rings is 1. The number of anilines is 1. The number of nitrogens with one attached hydrogen (secondary N) is 1. The summed E-state index contributed by atoms with van der Waals surface area (Å²) in [6, 6.07) is 3.67. The van der Waals surface area contributed by atoms with Gasteiger partial charge in [-0.25, -0.2) is 4.79 Å². The summed E-state index contributed by atoms with van der Waals surface area (Å²) in [4.78, 5) is 36.8. The maximum absolute atomic E-state index is 12.8. The van der Waals surface area contributed by atoms with Crippen molar-refractivity contribution in [3.8, 4) is 0 Å². The number of nitrogens with zero attached hydrogens (tertiary/aromatic N) is 1. The minimum absolute atomic E-state index is 0.0238. The lowest BCUT2D eigenvalue weighted by Crippen LogP contribution is -2.16. The molecular formula is C20H21ClN2O5S. The topological polar surface area (TPSA) is 98.5 Å². The van der Waals surface area contributed by atoms with Crippen LogP contribution >= 0.6 is 22.9 Å². The van der Waals surface area contributed by atoms with Crippen LogP contribution < -0.4 is 5.32 Å². The number of rotatable bonds is 5. The van der Waals surface area contributed by atoms with Gasteiger partial charge in [-0.05, 0) is 44.2 Å². The van der Waals surface area contributed by atoms with E-state index in [2.05, 4.69) is 5.32 Å². The molecule has 9 heteroatoms. The van der Waals surface area contributed by atoms with Gasteiger partial charge in [0, 0.05) is 17.0 Å². The first-order valence-electron chi connectivity index (χ1n) is 9.49. The molecule has 0 aliphatic heterocycles. The second-order valence-electron chi connectivity index (χ2n) is 6.72. The number of nitro benzene ring substituents is 1. The Morgan fingerprint density at radius 1 is 1.24 bits per heavy atom. The maximum atomic E-state index is 12.8. The minimum Gasteiger partial charge on any atom is -0.462 e. The molecule has 0 fully saturated rings. The quantitative estimate of drug-likeness (QED) is 0.384. The highest BCUT2D eigenvalue weighted by atomic mass is 35.5. The molecular weight excluding hydrogens is 416 g/mol. The number of carbonyl (C=O) groups is 2. The van der Waals surface area contributed by atoms with Crippen molar-refractivity contribution in [2.45, 2.75) is 45.4 Å². The van der Waals surface area contributed by atoms with Crippen LogP contribution in [-0.4, -0.2) is 23.4 Å². The molecule has 0 radical (unpaired) electrons. The first-order valence-corrected chi connectivity index (χ1v) is 10.7. The zero-order valence-corrected chi connectivity index (χ0v) is 17.5. The van der Waals surface area contributed by atoms with Crippen molar-refractivity contribution in [3.63, 3.8) is 0 Å². The Labute approximate surface area is 177 Å². The van der Waals surface area contributed by atoms with Gasteiger partial charge in [-0.15, -0.1) is 11.3 Å². The number of hydrogen-bond donors (Lipinski definition) is 1. The van der Waals surface area contributed by atoms with Crippen LogP contribution in [0.3, 0.4) is 0 Å². The second-order valence-corrected chi connectivity index (χ2v) is 8.23. The standard InChI is InChI=1S/C20H21ClN2O5S/c1-2-28-20(25)17-14-7-5-3-4-6-8-16(14)29-19(17)22-18(24)13-10-9-12(23(26)27)11-15(13)21/h9-11H,2-8H2,1H3,(H,22,24). The van der Waals surface area contributed by atoms with Crippen molar-refractivity contribution in [3.05, 3.63) is 54.9 Å². The summed E-state index contributed by atoms with van der Waals surface area (Å²) in [5.74, 6) is -0.972. The first-order chi connectivity index (χ1) is 13.9. The zero-order chi connectivity index (χ0) is 21.0. The van der Waals surface area contributed by atoms with E-state index in [4.69, 9.17) is 16.3 Å². The number of amides is 1. The van der Waals surface area contributed by atoms with Crippen LogP contribution in [0.25, 0.3) is 0 Å². The van der Waals surface area contributed by atoms with Crippen LogP contribution in [0.1, 0.15) is 63.8 Å². The predicted molar refractivity (Wildman–Crippen MR) is 112 cm³/mol. The lowest BCUT2D eigenvalue weighted by Gasteiger charge is -2.11. The fraction of sp³-hybridized carbons (Fsp3) is 0.400. The normalized spacial score (nSPS) is 13.7. The largest absolute Gasteiger partial charge is 0.462 e. The van der Waals surface area contributed by atoms with Crippen LogP contribution in [0.15, 0.2) is 18.2 Å². The molecule has 154 valence electrons. The molecule has 1 aliphatic rings. The average Bonchev–Trinajstić information content (AvgIpc) is 2.97. The van der Waals surface area contributed by atoms with Crippen molar-refractivity contribution < 1.29 is 19.2 Å². The third-order valence-corrected chi connectivity index (χ3v) is 6.31. The van der Waals surface area contributed by atoms with Crippen LogP contribution in [0.2, 0.25) is 5.02 Å². The van der Waals surface area contributed by atoms with Crippen LogP contribution in [-0.2, 0) is 17.6 Å². The Kier molecular flexibility index (Phi) is 6.87. The van der Waals surface area contributed by atoms with E-state index >= 15 is 0 Å². The Hall–Kier alpha value is -2.45.